The van der Waals surface area contributed by atoms with Crippen molar-refractivity contribution in [2.45, 2.75) is 50.9 Å². The van der Waals surface area contributed by atoms with Gasteiger partial charge in [0.05, 0.1) is 30.1 Å². The van der Waals surface area contributed by atoms with Crippen LogP contribution in [0, 0.1) is 0 Å². The fraction of sp³-hybridized carbons (Fsp3) is 0.458. The number of hydrogen-bond donors (Lipinski definition) is 2. The Morgan fingerprint density at radius 2 is 2.03 bits per heavy atom. The van der Waals surface area contributed by atoms with Crippen LogP contribution in [0.15, 0.2) is 24.7 Å². The number of imidazole rings is 1. The largest absolute Gasteiger partial charge is 0.386 e. The molecule has 35 heavy (non-hydrogen) atoms. The van der Waals surface area contributed by atoms with E-state index in [2.05, 4.69) is 16.4 Å². The number of hydrogen-bond acceptors (Lipinski definition) is 8. The van der Waals surface area contributed by atoms with Crippen LogP contribution in [0.5, 0.6) is 0 Å². The molecule has 0 bridgehead atoms. The van der Waals surface area contributed by atoms with Crippen molar-refractivity contribution in [2.24, 2.45) is 5.73 Å². The molecule has 182 valence electrons. The first kappa shape index (κ1) is 21.9. The lowest BCUT2D eigenvalue weighted by molar-refractivity contribution is -0.00871. The number of pyridine rings is 2. The van der Waals surface area contributed by atoms with Gasteiger partial charge in [-0.25, -0.2) is 29.0 Å². The van der Waals surface area contributed by atoms with Gasteiger partial charge in [-0.3, -0.25) is 0 Å². The van der Waals surface area contributed by atoms with Crippen LogP contribution in [0.2, 0.25) is 0 Å². The van der Waals surface area contributed by atoms with Crippen LogP contribution in [-0.4, -0.2) is 61.7 Å². The van der Waals surface area contributed by atoms with Gasteiger partial charge in [0, 0.05) is 31.8 Å². The molecule has 4 aromatic heterocycles. The van der Waals surface area contributed by atoms with E-state index >= 15 is 0 Å². The Kier molecular flexibility index (Phi) is 5.57. The Morgan fingerprint density at radius 1 is 1.20 bits per heavy atom. The van der Waals surface area contributed by atoms with Crippen molar-refractivity contribution in [3.05, 3.63) is 30.2 Å². The Hall–Kier alpha value is -3.57. The highest BCUT2D eigenvalue weighted by Crippen LogP contribution is 2.34. The lowest BCUT2D eigenvalue weighted by Gasteiger charge is -2.25. The van der Waals surface area contributed by atoms with Crippen LogP contribution in [0.25, 0.3) is 33.6 Å². The molecule has 2 fully saturated rings. The number of amides is 1. The lowest BCUT2D eigenvalue weighted by atomic mass is 9.96. The van der Waals surface area contributed by atoms with E-state index < -0.39 is 6.03 Å². The maximum atomic E-state index is 12.0. The van der Waals surface area contributed by atoms with E-state index in [9.17, 15) is 4.79 Å². The first-order valence-electron chi connectivity index (χ1n) is 12.0. The van der Waals surface area contributed by atoms with Gasteiger partial charge in [-0.05, 0) is 49.8 Å². The summed E-state index contributed by atoms with van der Waals surface area (Å²) in [4.78, 5) is 25.9. The molecule has 0 spiro atoms. The minimum atomic E-state index is -0.645. The summed E-state index contributed by atoms with van der Waals surface area (Å²) in [5.41, 5.74) is 10.3. The highest BCUT2D eigenvalue weighted by molar-refractivity contribution is 5.97. The zero-order chi connectivity index (χ0) is 23.9. The standard InChI is InChI=1S/C24H28N8O3/c1-26-18-10-19(29-23-21(18)28-13-31(23)24(25)33)20-17-9-14(12-35-16-3-2-4-16)11-27-22(17)32(30-20)15-5-7-34-8-6-15/h9-11,13,15-16H,2-8,12H2,1H3,(H2,25,33)(H,26,29). The van der Waals surface area contributed by atoms with Gasteiger partial charge < -0.3 is 20.5 Å². The molecule has 11 nitrogen and oxygen atoms in total. The Morgan fingerprint density at radius 3 is 2.74 bits per heavy atom. The van der Waals surface area contributed by atoms with Crippen LogP contribution in [0.1, 0.15) is 43.7 Å². The Labute approximate surface area is 201 Å². The smallest absolute Gasteiger partial charge is 0.325 e. The molecule has 1 aliphatic heterocycles. The summed E-state index contributed by atoms with van der Waals surface area (Å²) in [6, 6.07) is 3.53. The van der Waals surface area contributed by atoms with Gasteiger partial charge in [0.2, 0.25) is 0 Å². The summed E-state index contributed by atoms with van der Waals surface area (Å²) in [5, 5.41) is 9.06. The number of anilines is 1. The van der Waals surface area contributed by atoms with Crippen LogP contribution < -0.4 is 11.1 Å². The molecule has 6 rings (SSSR count). The SMILES string of the molecule is CNc1cc(-c2nn(C3CCOCC3)c3ncc(COC4CCC4)cc23)nc2c1ncn2C(N)=O. The van der Waals surface area contributed by atoms with Gasteiger partial charge in [-0.1, -0.05) is 0 Å². The molecule has 4 aromatic rings. The zero-order valence-corrected chi connectivity index (χ0v) is 19.6. The summed E-state index contributed by atoms with van der Waals surface area (Å²) in [6.45, 7) is 1.90. The average molecular weight is 477 g/mol. The number of nitrogens with two attached hydrogens (primary N) is 1. The lowest BCUT2D eigenvalue weighted by Crippen LogP contribution is -2.21. The van der Waals surface area contributed by atoms with Gasteiger partial charge in [-0.15, -0.1) is 0 Å². The monoisotopic (exact) mass is 476 g/mol. The number of primary amides is 1. The number of carbonyl (C=O) groups is 1. The van der Waals surface area contributed by atoms with Crippen molar-refractivity contribution in [3.63, 3.8) is 0 Å². The normalized spacial score (nSPS) is 17.2. The van der Waals surface area contributed by atoms with Gasteiger partial charge in [-0.2, -0.15) is 5.10 Å². The zero-order valence-electron chi connectivity index (χ0n) is 19.6. The third kappa shape index (κ3) is 3.90. The number of aromatic nitrogens is 6. The highest BCUT2D eigenvalue weighted by Gasteiger charge is 2.25. The number of nitrogens with one attached hydrogen (secondary N) is 1. The predicted molar refractivity (Wildman–Crippen MR) is 130 cm³/mol. The summed E-state index contributed by atoms with van der Waals surface area (Å²) >= 11 is 0. The topological polar surface area (TPSA) is 135 Å². The van der Waals surface area contributed by atoms with Crippen LogP contribution in [-0.2, 0) is 16.1 Å². The summed E-state index contributed by atoms with van der Waals surface area (Å²) in [7, 11) is 1.80. The molecular weight excluding hydrogens is 448 g/mol. The first-order chi connectivity index (χ1) is 17.1. The van der Waals surface area contributed by atoms with Gasteiger partial charge >= 0.3 is 6.03 Å². The maximum absolute atomic E-state index is 12.0. The van der Waals surface area contributed by atoms with Crippen LogP contribution in [0.3, 0.4) is 0 Å². The van der Waals surface area contributed by atoms with Crippen LogP contribution >= 0.6 is 0 Å². The van der Waals surface area contributed by atoms with E-state index in [1.165, 1.54) is 17.3 Å². The number of fused-ring (bicyclic) bond motifs is 2. The van der Waals surface area contributed by atoms with Crippen molar-refractivity contribution in [3.8, 4) is 11.4 Å². The molecule has 0 atom stereocenters. The van der Waals surface area contributed by atoms with Gasteiger partial charge in [0.1, 0.15) is 17.5 Å². The molecule has 1 saturated heterocycles. The average Bonchev–Trinajstić information content (AvgIpc) is 3.45. The molecule has 0 unspecified atom stereocenters. The minimum absolute atomic E-state index is 0.188. The number of rotatable bonds is 6. The molecule has 2 aliphatic rings. The molecule has 0 aromatic carbocycles. The Balaban J connectivity index is 1.50. The van der Waals surface area contributed by atoms with Crippen molar-refractivity contribution >= 4 is 33.9 Å². The summed E-state index contributed by atoms with van der Waals surface area (Å²) < 4.78 is 14.8. The molecule has 1 amide bonds. The molecular formula is C24H28N8O3. The van der Waals surface area contributed by atoms with E-state index in [4.69, 9.17) is 30.3 Å². The van der Waals surface area contributed by atoms with E-state index in [0.717, 1.165) is 48.0 Å². The quantitative estimate of drug-likeness (QED) is 0.433. The number of carbonyl (C=O) groups excluding carboxylic acids is 1. The second-order valence-electron chi connectivity index (χ2n) is 9.15. The van der Waals surface area contributed by atoms with Gasteiger partial charge in [0.15, 0.2) is 11.3 Å². The number of nitrogens with zero attached hydrogens (tertiary/aromatic N) is 6. The van der Waals surface area contributed by atoms with E-state index in [1.54, 1.807) is 7.05 Å². The third-order valence-corrected chi connectivity index (χ3v) is 6.93. The van der Waals surface area contributed by atoms with Crippen molar-refractivity contribution in [1.29, 1.82) is 0 Å². The molecule has 5 heterocycles. The van der Waals surface area contributed by atoms with Crippen molar-refractivity contribution < 1.29 is 14.3 Å². The highest BCUT2D eigenvalue weighted by atomic mass is 16.5. The second kappa shape index (κ2) is 8.90. The second-order valence-corrected chi connectivity index (χ2v) is 9.15. The van der Waals surface area contributed by atoms with E-state index in [0.29, 0.717) is 48.5 Å². The summed E-state index contributed by atoms with van der Waals surface area (Å²) in [6.07, 6.45) is 8.81. The number of ether oxygens (including phenoxy) is 2. The molecule has 11 heteroatoms. The minimum Gasteiger partial charge on any atom is -0.386 e. The molecule has 3 N–H and O–H groups in total. The summed E-state index contributed by atoms with van der Waals surface area (Å²) in [5.74, 6) is 0. The van der Waals surface area contributed by atoms with Crippen molar-refractivity contribution in [2.75, 3.05) is 25.6 Å². The fourth-order valence-electron chi connectivity index (χ4n) is 4.73. The van der Waals surface area contributed by atoms with E-state index in [-0.39, 0.29) is 6.04 Å². The van der Waals surface area contributed by atoms with Crippen molar-refractivity contribution in [1.82, 2.24) is 29.3 Å². The third-order valence-electron chi connectivity index (χ3n) is 6.93. The van der Waals surface area contributed by atoms with E-state index in [1.807, 2.05) is 16.9 Å². The maximum Gasteiger partial charge on any atom is 0.325 e. The molecule has 0 radical (unpaired) electrons. The fourth-order valence-corrected chi connectivity index (χ4v) is 4.73. The van der Waals surface area contributed by atoms with Gasteiger partial charge in [0.25, 0.3) is 0 Å². The first-order valence-corrected chi connectivity index (χ1v) is 12.0. The van der Waals surface area contributed by atoms with Crippen LogP contribution in [0.4, 0.5) is 10.5 Å². The molecule has 1 saturated carbocycles. The molecule has 1 aliphatic carbocycles. The Bertz CT molecular complexity index is 1400. The predicted octanol–water partition coefficient (Wildman–Crippen LogP) is 3.23.